The topological polar surface area (TPSA) is 256 Å². The number of aromatic nitrogens is 4. The van der Waals surface area contributed by atoms with Crippen LogP contribution in [0.2, 0.25) is 0 Å². The number of rotatable bonds is 15. The Balaban J connectivity index is 2.12. The Kier molecular flexibility index (Phi) is 9.63. The van der Waals surface area contributed by atoms with Gasteiger partial charge in [-0.3, -0.25) is 4.79 Å². The summed E-state index contributed by atoms with van der Waals surface area (Å²) in [7, 11) is -4.39. The van der Waals surface area contributed by atoms with Crippen LogP contribution in [-0.4, -0.2) is 68.7 Å². The van der Waals surface area contributed by atoms with E-state index >= 15 is 0 Å². The minimum absolute atomic E-state index is 0.0441. The SMILES string of the molecule is NCCCC[C@H](NS(=O)(=O)N[C@@H](CC(=O)O)c1nc([C@@H](N)Cc2cnc[nH]2)no1)C(O)O. The Morgan fingerprint density at radius 3 is 2.62 bits per heavy atom. The molecule has 0 aliphatic heterocycles. The van der Waals surface area contributed by atoms with E-state index in [0.29, 0.717) is 25.1 Å². The molecule has 15 nitrogen and oxygen atoms in total. The summed E-state index contributed by atoms with van der Waals surface area (Å²) in [6, 6.07) is -3.37. The van der Waals surface area contributed by atoms with Gasteiger partial charge in [0.15, 0.2) is 12.1 Å². The fourth-order valence-corrected chi connectivity index (χ4v) is 4.08. The molecule has 0 unspecified atom stereocenters. The molecule has 2 aromatic rings. The van der Waals surface area contributed by atoms with Crippen molar-refractivity contribution in [1.82, 2.24) is 29.6 Å². The number of carbonyl (C=O) groups is 1. The van der Waals surface area contributed by atoms with E-state index in [4.69, 9.17) is 21.1 Å². The maximum atomic E-state index is 12.5. The summed E-state index contributed by atoms with van der Waals surface area (Å²) >= 11 is 0. The lowest BCUT2D eigenvalue weighted by Crippen LogP contribution is -2.49. The Bertz CT molecular complexity index is 934. The highest BCUT2D eigenvalue weighted by molar-refractivity contribution is 7.87. The lowest BCUT2D eigenvalue weighted by Gasteiger charge is -2.22. The van der Waals surface area contributed by atoms with Gasteiger partial charge in [-0.1, -0.05) is 11.6 Å². The molecule has 0 fully saturated rings. The lowest BCUT2D eigenvalue weighted by molar-refractivity contribution is -0.137. The highest BCUT2D eigenvalue weighted by Crippen LogP contribution is 2.19. The van der Waals surface area contributed by atoms with Gasteiger partial charge in [0.25, 0.3) is 10.2 Å². The second-order valence-electron chi connectivity index (χ2n) is 7.07. The second kappa shape index (κ2) is 12.0. The van der Waals surface area contributed by atoms with Crippen LogP contribution in [0.15, 0.2) is 17.0 Å². The number of H-pyrrole nitrogens is 1. The van der Waals surface area contributed by atoms with E-state index in [-0.39, 0.29) is 24.6 Å². The first-order valence-electron chi connectivity index (χ1n) is 9.75. The largest absolute Gasteiger partial charge is 0.481 e. The van der Waals surface area contributed by atoms with Crippen LogP contribution >= 0.6 is 0 Å². The molecule has 2 heterocycles. The molecular formula is C16H28N8O7S. The number of aliphatic hydroxyl groups excluding tert-OH is 1. The van der Waals surface area contributed by atoms with Crippen molar-refractivity contribution in [3.8, 4) is 0 Å². The van der Waals surface area contributed by atoms with Gasteiger partial charge in [-0.25, -0.2) is 4.98 Å². The first kappa shape index (κ1) is 25.8. The van der Waals surface area contributed by atoms with Gasteiger partial charge in [0, 0.05) is 18.3 Å². The molecule has 0 saturated carbocycles. The van der Waals surface area contributed by atoms with Gasteiger partial charge in [-0.2, -0.15) is 22.8 Å². The average molecular weight is 477 g/mol. The molecule has 2 rings (SSSR count). The number of nitrogens with one attached hydrogen (secondary N) is 3. The Morgan fingerprint density at radius 2 is 2.03 bits per heavy atom. The van der Waals surface area contributed by atoms with Crippen molar-refractivity contribution in [2.45, 2.75) is 56.5 Å². The van der Waals surface area contributed by atoms with Crippen LogP contribution in [0.4, 0.5) is 0 Å². The summed E-state index contributed by atoms with van der Waals surface area (Å²) in [5, 5.41) is 31.8. The zero-order valence-corrected chi connectivity index (χ0v) is 17.9. The Labute approximate surface area is 183 Å². The number of aliphatic carboxylic acids is 1. The fraction of sp³-hybridized carbons (Fsp3) is 0.625. The smallest absolute Gasteiger partial charge is 0.305 e. The number of carboxylic acid groups (broad SMARTS) is 1. The van der Waals surface area contributed by atoms with Crippen LogP contribution in [0.25, 0.3) is 0 Å². The number of nitrogens with zero attached hydrogens (tertiary/aromatic N) is 3. The highest BCUT2D eigenvalue weighted by atomic mass is 32.2. The zero-order chi connectivity index (χ0) is 23.7. The monoisotopic (exact) mass is 476 g/mol. The van der Waals surface area contributed by atoms with Crippen molar-refractivity contribution >= 4 is 16.2 Å². The molecule has 0 bridgehead atoms. The van der Waals surface area contributed by atoms with Crippen LogP contribution in [0.5, 0.6) is 0 Å². The molecule has 32 heavy (non-hydrogen) atoms. The van der Waals surface area contributed by atoms with E-state index in [1.54, 1.807) is 6.20 Å². The molecule has 16 heteroatoms. The molecule has 0 amide bonds. The van der Waals surface area contributed by atoms with Gasteiger partial charge < -0.3 is 36.3 Å². The van der Waals surface area contributed by atoms with Crippen molar-refractivity contribution in [1.29, 1.82) is 0 Å². The van der Waals surface area contributed by atoms with Gasteiger partial charge in [0.1, 0.15) is 6.04 Å². The standard InChI is InChI=1S/C16H28N8O7S/c17-4-2-1-3-11(16(27)28)23-32(29,30)24-12(6-13(25)26)15-21-14(22-31-15)10(18)5-9-7-19-8-20-9/h7-8,10-12,16,23-24,27-28H,1-6,17-18H2,(H,19,20)(H,25,26)/t10-,11-,12-/m0/s1. The molecule has 0 saturated heterocycles. The third kappa shape index (κ3) is 8.23. The summed E-state index contributed by atoms with van der Waals surface area (Å²) in [4.78, 5) is 22.0. The molecule has 3 atom stereocenters. The predicted molar refractivity (Wildman–Crippen MR) is 109 cm³/mol. The molecule has 2 aromatic heterocycles. The van der Waals surface area contributed by atoms with Crippen LogP contribution in [0.1, 0.15) is 55.2 Å². The first-order chi connectivity index (χ1) is 15.1. The number of hydrogen-bond acceptors (Lipinski definition) is 11. The quantitative estimate of drug-likeness (QED) is 0.100. The molecule has 0 radical (unpaired) electrons. The maximum absolute atomic E-state index is 12.5. The zero-order valence-electron chi connectivity index (χ0n) is 17.1. The molecule has 0 aliphatic carbocycles. The van der Waals surface area contributed by atoms with Crippen molar-refractivity contribution < 1.29 is 33.1 Å². The normalized spacial score (nSPS) is 15.0. The van der Waals surface area contributed by atoms with Crippen molar-refractivity contribution in [3.05, 3.63) is 29.9 Å². The van der Waals surface area contributed by atoms with Crippen molar-refractivity contribution in [3.63, 3.8) is 0 Å². The highest BCUT2D eigenvalue weighted by Gasteiger charge is 2.30. The van der Waals surface area contributed by atoms with Crippen molar-refractivity contribution in [2.75, 3.05) is 6.54 Å². The Hall–Kier alpha value is -2.47. The van der Waals surface area contributed by atoms with Crippen LogP contribution in [0, 0.1) is 0 Å². The van der Waals surface area contributed by atoms with Gasteiger partial charge >= 0.3 is 5.97 Å². The third-order valence-corrected chi connectivity index (χ3v) is 5.60. The molecule has 0 aromatic carbocycles. The summed E-state index contributed by atoms with van der Waals surface area (Å²) in [5.41, 5.74) is 12.1. The summed E-state index contributed by atoms with van der Waals surface area (Å²) in [6.45, 7) is 0.363. The fourth-order valence-electron chi connectivity index (χ4n) is 2.82. The number of aromatic amines is 1. The van der Waals surface area contributed by atoms with Crippen LogP contribution in [0.3, 0.4) is 0 Å². The van der Waals surface area contributed by atoms with Crippen LogP contribution < -0.4 is 20.9 Å². The van der Waals surface area contributed by atoms with Gasteiger partial charge in [-0.05, 0) is 19.4 Å². The number of carboxylic acids is 1. The lowest BCUT2D eigenvalue weighted by atomic mass is 10.1. The van der Waals surface area contributed by atoms with Gasteiger partial charge in [0.2, 0.25) is 5.89 Å². The predicted octanol–water partition coefficient (Wildman–Crippen LogP) is -2.22. The van der Waals surface area contributed by atoms with Crippen molar-refractivity contribution in [2.24, 2.45) is 11.5 Å². The maximum Gasteiger partial charge on any atom is 0.305 e. The molecule has 0 spiro atoms. The average Bonchev–Trinajstić information content (AvgIpc) is 3.38. The van der Waals surface area contributed by atoms with E-state index < -0.39 is 47.0 Å². The summed E-state index contributed by atoms with van der Waals surface area (Å²) < 4.78 is 34.2. The number of aliphatic hydroxyl groups is 2. The number of unbranched alkanes of at least 4 members (excludes halogenated alkanes) is 1. The second-order valence-corrected chi connectivity index (χ2v) is 8.55. The van der Waals surface area contributed by atoms with E-state index in [1.165, 1.54) is 6.33 Å². The summed E-state index contributed by atoms with van der Waals surface area (Å²) in [5.74, 6) is -1.60. The van der Waals surface area contributed by atoms with Crippen LogP contribution in [-0.2, 0) is 21.4 Å². The number of hydrogen-bond donors (Lipinski definition) is 8. The molecule has 0 aliphatic rings. The minimum atomic E-state index is -4.39. The van der Waals surface area contributed by atoms with E-state index in [0.717, 1.165) is 0 Å². The summed E-state index contributed by atoms with van der Waals surface area (Å²) in [6.07, 6.45) is 1.75. The molecular weight excluding hydrogens is 448 g/mol. The van der Waals surface area contributed by atoms with E-state index in [2.05, 4.69) is 29.6 Å². The van der Waals surface area contributed by atoms with Gasteiger partial charge in [0.05, 0.1) is 24.8 Å². The number of nitrogens with two attached hydrogens (primary N) is 2. The Morgan fingerprint density at radius 1 is 1.28 bits per heavy atom. The first-order valence-corrected chi connectivity index (χ1v) is 11.2. The van der Waals surface area contributed by atoms with Gasteiger partial charge in [-0.15, -0.1) is 0 Å². The van der Waals surface area contributed by atoms with E-state index in [1.807, 2.05) is 0 Å². The molecule has 180 valence electrons. The molecule has 10 N–H and O–H groups in total. The minimum Gasteiger partial charge on any atom is -0.481 e. The number of imidazole rings is 1. The third-order valence-electron chi connectivity index (χ3n) is 4.39. The van der Waals surface area contributed by atoms with E-state index in [9.17, 15) is 23.4 Å².